The van der Waals surface area contributed by atoms with Gasteiger partial charge in [-0.05, 0) is 30.7 Å². The lowest BCUT2D eigenvalue weighted by Crippen LogP contribution is -2.37. The van der Waals surface area contributed by atoms with Gasteiger partial charge in [-0.3, -0.25) is 4.79 Å². The summed E-state index contributed by atoms with van der Waals surface area (Å²) in [7, 11) is 1.56. The van der Waals surface area contributed by atoms with Crippen LogP contribution in [0.15, 0.2) is 36.7 Å². The van der Waals surface area contributed by atoms with E-state index in [2.05, 4.69) is 20.2 Å². The molecule has 1 N–H and O–H groups in total. The molecule has 0 saturated carbocycles. The number of hydrogen-bond acceptors (Lipinski definition) is 6. The van der Waals surface area contributed by atoms with E-state index in [1.165, 1.54) is 0 Å². The van der Waals surface area contributed by atoms with E-state index >= 15 is 0 Å². The number of ether oxygens (including phenoxy) is 1. The second-order valence-corrected chi connectivity index (χ2v) is 5.48. The molecule has 122 valence electrons. The van der Waals surface area contributed by atoms with E-state index in [0.29, 0.717) is 29.4 Å². The van der Waals surface area contributed by atoms with Crippen molar-refractivity contribution in [2.24, 2.45) is 0 Å². The van der Waals surface area contributed by atoms with Gasteiger partial charge in [0.1, 0.15) is 0 Å². The van der Waals surface area contributed by atoms with Gasteiger partial charge in [0, 0.05) is 37.1 Å². The lowest BCUT2D eigenvalue weighted by atomic mass is 10.1. The Balaban J connectivity index is 1.63. The maximum Gasteiger partial charge on any atom is 0.257 e. The molecule has 2 heterocycles. The van der Waals surface area contributed by atoms with Gasteiger partial charge in [-0.2, -0.15) is 5.26 Å². The van der Waals surface area contributed by atoms with Crippen molar-refractivity contribution in [3.05, 3.63) is 47.8 Å². The monoisotopic (exact) mass is 323 g/mol. The van der Waals surface area contributed by atoms with Crippen LogP contribution in [0, 0.1) is 11.3 Å². The highest BCUT2D eigenvalue weighted by molar-refractivity contribution is 5.94. The number of methoxy groups -OCH3 is 1. The van der Waals surface area contributed by atoms with Gasteiger partial charge in [-0.25, -0.2) is 9.97 Å². The van der Waals surface area contributed by atoms with Crippen molar-refractivity contribution in [1.29, 1.82) is 5.26 Å². The lowest BCUT2D eigenvalue weighted by molar-refractivity contribution is 0.0940. The standard InChI is InChI=1S/C17H17N5O2/c1-24-17-15(19-7-8-20-17)22-9-6-14(11-22)21-16(23)13-4-2-12(10-18)3-5-13/h2-5,7-8,14H,6,9,11H2,1H3,(H,21,23). The predicted molar refractivity (Wildman–Crippen MR) is 87.8 cm³/mol. The highest BCUT2D eigenvalue weighted by Crippen LogP contribution is 2.25. The van der Waals surface area contributed by atoms with Crippen LogP contribution in [-0.2, 0) is 0 Å². The Morgan fingerprint density at radius 1 is 1.33 bits per heavy atom. The molecule has 0 aliphatic carbocycles. The predicted octanol–water partition coefficient (Wildman–Crippen LogP) is 1.37. The highest BCUT2D eigenvalue weighted by Gasteiger charge is 2.27. The molecular weight excluding hydrogens is 306 g/mol. The zero-order valence-electron chi connectivity index (χ0n) is 13.3. The SMILES string of the molecule is COc1nccnc1N1CCC(NC(=O)c2ccc(C#N)cc2)C1. The van der Waals surface area contributed by atoms with Crippen molar-refractivity contribution >= 4 is 11.7 Å². The van der Waals surface area contributed by atoms with E-state index in [1.807, 2.05) is 6.07 Å². The molecule has 1 amide bonds. The minimum atomic E-state index is -0.141. The normalized spacial score (nSPS) is 16.5. The van der Waals surface area contributed by atoms with Crippen LogP contribution in [0.4, 0.5) is 5.82 Å². The fraction of sp³-hybridized carbons (Fsp3) is 0.294. The largest absolute Gasteiger partial charge is 0.478 e. The van der Waals surface area contributed by atoms with Crippen LogP contribution >= 0.6 is 0 Å². The Kier molecular flexibility index (Phi) is 4.57. The zero-order valence-corrected chi connectivity index (χ0v) is 13.3. The van der Waals surface area contributed by atoms with Crippen molar-refractivity contribution in [3.8, 4) is 11.9 Å². The number of rotatable bonds is 4. The fourth-order valence-corrected chi connectivity index (χ4v) is 2.71. The molecule has 2 aromatic rings. The van der Waals surface area contributed by atoms with Crippen LogP contribution in [0.2, 0.25) is 0 Å². The fourth-order valence-electron chi connectivity index (χ4n) is 2.71. The average molecular weight is 323 g/mol. The molecule has 7 nitrogen and oxygen atoms in total. The maximum atomic E-state index is 12.3. The number of hydrogen-bond donors (Lipinski definition) is 1. The van der Waals surface area contributed by atoms with Gasteiger partial charge in [0.2, 0.25) is 0 Å². The number of amides is 1. The summed E-state index contributed by atoms with van der Waals surface area (Å²) in [6, 6.07) is 8.66. The molecule has 1 aromatic carbocycles. The third-order valence-corrected chi connectivity index (χ3v) is 3.94. The number of nitriles is 1. The summed E-state index contributed by atoms with van der Waals surface area (Å²) in [6.07, 6.45) is 4.03. The molecule has 0 bridgehead atoms. The maximum absolute atomic E-state index is 12.3. The molecule has 1 saturated heterocycles. The highest BCUT2D eigenvalue weighted by atomic mass is 16.5. The first-order chi connectivity index (χ1) is 11.7. The molecule has 0 radical (unpaired) electrons. The van der Waals surface area contributed by atoms with E-state index in [9.17, 15) is 4.79 Å². The molecular formula is C17H17N5O2. The van der Waals surface area contributed by atoms with E-state index in [-0.39, 0.29) is 11.9 Å². The lowest BCUT2D eigenvalue weighted by Gasteiger charge is -2.19. The number of nitrogens with zero attached hydrogens (tertiary/aromatic N) is 4. The minimum Gasteiger partial charge on any atom is -0.478 e. The van der Waals surface area contributed by atoms with Gasteiger partial charge >= 0.3 is 0 Å². The third kappa shape index (κ3) is 3.27. The van der Waals surface area contributed by atoms with Crippen molar-refractivity contribution in [1.82, 2.24) is 15.3 Å². The van der Waals surface area contributed by atoms with Gasteiger partial charge in [0.25, 0.3) is 11.8 Å². The Bertz CT molecular complexity index is 769. The van der Waals surface area contributed by atoms with Crippen LogP contribution in [0.3, 0.4) is 0 Å². The van der Waals surface area contributed by atoms with Crippen molar-refractivity contribution in [3.63, 3.8) is 0 Å². The number of benzene rings is 1. The Hall–Kier alpha value is -3.14. The van der Waals surface area contributed by atoms with Crippen LogP contribution in [0.25, 0.3) is 0 Å². The van der Waals surface area contributed by atoms with Crippen LogP contribution in [0.5, 0.6) is 5.88 Å². The molecule has 3 rings (SSSR count). The smallest absolute Gasteiger partial charge is 0.257 e. The summed E-state index contributed by atoms with van der Waals surface area (Å²) in [5.74, 6) is 1.03. The number of carbonyl (C=O) groups excluding carboxylic acids is 1. The second-order valence-electron chi connectivity index (χ2n) is 5.48. The van der Waals surface area contributed by atoms with Crippen molar-refractivity contribution in [2.45, 2.75) is 12.5 Å². The molecule has 1 fully saturated rings. The first-order valence-corrected chi connectivity index (χ1v) is 7.62. The number of nitrogens with one attached hydrogen (secondary N) is 1. The molecule has 1 atom stereocenters. The first-order valence-electron chi connectivity index (χ1n) is 7.62. The number of anilines is 1. The summed E-state index contributed by atoms with van der Waals surface area (Å²) in [5, 5.41) is 11.8. The second kappa shape index (κ2) is 6.96. The molecule has 1 aromatic heterocycles. The molecule has 24 heavy (non-hydrogen) atoms. The quantitative estimate of drug-likeness (QED) is 0.913. The number of carbonyl (C=O) groups is 1. The van der Waals surface area contributed by atoms with Gasteiger partial charge < -0.3 is 15.0 Å². The van der Waals surface area contributed by atoms with Gasteiger partial charge in [-0.15, -0.1) is 0 Å². The summed E-state index contributed by atoms with van der Waals surface area (Å²) < 4.78 is 5.24. The average Bonchev–Trinajstić information content (AvgIpc) is 3.10. The molecule has 0 spiro atoms. The minimum absolute atomic E-state index is 0.0276. The molecule has 1 aliphatic rings. The Morgan fingerprint density at radius 3 is 2.79 bits per heavy atom. The zero-order chi connectivity index (χ0) is 16.9. The summed E-state index contributed by atoms with van der Waals surface area (Å²) in [4.78, 5) is 22.8. The van der Waals surface area contributed by atoms with E-state index in [1.54, 1.807) is 43.8 Å². The number of aromatic nitrogens is 2. The van der Waals surface area contributed by atoms with Crippen molar-refractivity contribution in [2.75, 3.05) is 25.1 Å². The van der Waals surface area contributed by atoms with E-state index < -0.39 is 0 Å². The van der Waals surface area contributed by atoms with Crippen molar-refractivity contribution < 1.29 is 9.53 Å². The van der Waals surface area contributed by atoms with Gasteiger partial charge in [-0.1, -0.05) is 0 Å². The molecule has 1 unspecified atom stereocenters. The van der Waals surface area contributed by atoms with Crippen LogP contribution in [-0.4, -0.2) is 42.1 Å². The summed E-state index contributed by atoms with van der Waals surface area (Å²) >= 11 is 0. The van der Waals surface area contributed by atoms with Crippen LogP contribution in [0.1, 0.15) is 22.3 Å². The van der Waals surface area contributed by atoms with E-state index in [0.717, 1.165) is 13.0 Å². The summed E-state index contributed by atoms with van der Waals surface area (Å²) in [6.45, 7) is 1.42. The van der Waals surface area contributed by atoms with Crippen LogP contribution < -0.4 is 15.0 Å². The van der Waals surface area contributed by atoms with Gasteiger partial charge in [0.15, 0.2) is 5.82 Å². The first kappa shape index (κ1) is 15.7. The third-order valence-electron chi connectivity index (χ3n) is 3.94. The Labute approximate surface area is 139 Å². The molecule has 7 heteroatoms. The van der Waals surface area contributed by atoms with E-state index in [4.69, 9.17) is 10.00 Å². The van der Waals surface area contributed by atoms with Gasteiger partial charge in [0.05, 0.1) is 18.7 Å². The summed E-state index contributed by atoms with van der Waals surface area (Å²) in [5.41, 5.74) is 1.08. The Morgan fingerprint density at radius 2 is 2.08 bits per heavy atom. The topological polar surface area (TPSA) is 91.1 Å². The molecule has 1 aliphatic heterocycles.